The van der Waals surface area contributed by atoms with Crippen LogP contribution >= 0.6 is 23.1 Å². The van der Waals surface area contributed by atoms with Gasteiger partial charge in [-0.1, -0.05) is 36.4 Å². The molecule has 1 aromatic heterocycles. The number of rotatable bonds is 9. The van der Waals surface area contributed by atoms with E-state index in [9.17, 15) is 4.79 Å². The SMILES string of the molecule is CCCCNc1nnc(S[C@@H](C)C(=O)Nc2ccc(OC)cc2)s1. The van der Waals surface area contributed by atoms with Gasteiger partial charge >= 0.3 is 0 Å². The first-order valence-corrected chi connectivity index (χ1v) is 9.51. The number of hydrogen-bond donors (Lipinski definition) is 2. The van der Waals surface area contributed by atoms with E-state index in [2.05, 4.69) is 27.8 Å². The lowest BCUT2D eigenvalue weighted by atomic mass is 10.3. The van der Waals surface area contributed by atoms with E-state index in [1.54, 1.807) is 7.11 Å². The lowest BCUT2D eigenvalue weighted by Gasteiger charge is -2.10. The van der Waals surface area contributed by atoms with Crippen LogP contribution in [0.25, 0.3) is 0 Å². The molecule has 0 aliphatic heterocycles. The maximum Gasteiger partial charge on any atom is 0.237 e. The van der Waals surface area contributed by atoms with Gasteiger partial charge < -0.3 is 15.4 Å². The van der Waals surface area contributed by atoms with Gasteiger partial charge in [-0.25, -0.2) is 0 Å². The average Bonchev–Trinajstić information content (AvgIpc) is 3.03. The Morgan fingerprint density at radius 3 is 2.75 bits per heavy atom. The van der Waals surface area contributed by atoms with Crippen molar-refractivity contribution in [2.24, 2.45) is 0 Å². The molecule has 2 N–H and O–H groups in total. The van der Waals surface area contributed by atoms with Gasteiger partial charge in [0.25, 0.3) is 0 Å². The van der Waals surface area contributed by atoms with E-state index in [-0.39, 0.29) is 11.2 Å². The largest absolute Gasteiger partial charge is 0.497 e. The zero-order valence-corrected chi connectivity index (χ0v) is 15.7. The quantitative estimate of drug-likeness (QED) is 0.518. The van der Waals surface area contributed by atoms with E-state index in [1.807, 2.05) is 31.2 Å². The fourth-order valence-corrected chi connectivity index (χ4v) is 3.75. The predicted octanol–water partition coefficient (Wildman–Crippen LogP) is 3.88. The standard InChI is InChI=1S/C16H22N4O2S2/c1-4-5-10-17-15-19-20-16(24-15)23-11(2)14(21)18-12-6-8-13(22-3)9-7-12/h6-9,11H,4-5,10H2,1-3H3,(H,17,19)(H,18,21)/t11-/m0/s1. The molecule has 0 saturated heterocycles. The first kappa shape index (κ1) is 18.5. The predicted molar refractivity (Wildman–Crippen MR) is 100 cm³/mol. The highest BCUT2D eigenvalue weighted by atomic mass is 32.2. The van der Waals surface area contributed by atoms with Gasteiger partial charge in [-0.2, -0.15) is 0 Å². The Labute approximate surface area is 150 Å². The molecule has 0 bridgehead atoms. The van der Waals surface area contributed by atoms with Crippen LogP contribution in [0.1, 0.15) is 26.7 Å². The number of nitrogens with zero attached hydrogens (tertiary/aromatic N) is 2. The number of ether oxygens (including phenoxy) is 1. The molecule has 1 atom stereocenters. The first-order chi connectivity index (χ1) is 11.6. The van der Waals surface area contributed by atoms with Crippen molar-refractivity contribution < 1.29 is 9.53 Å². The Balaban J connectivity index is 1.84. The summed E-state index contributed by atoms with van der Waals surface area (Å²) in [4.78, 5) is 12.3. The second kappa shape index (κ2) is 9.48. The molecule has 0 aliphatic carbocycles. The third-order valence-corrected chi connectivity index (χ3v) is 5.28. The molecule has 2 rings (SSSR count). The number of carbonyl (C=O) groups excluding carboxylic acids is 1. The van der Waals surface area contributed by atoms with Crippen LogP contribution in [0, 0.1) is 0 Å². The van der Waals surface area contributed by atoms with Crippen LogP contribution < -0.4 is 15.4 Å². The van der Waals surface area contributed by atoms with Crippen LogP contribution in [0.3, 0.4) is 0 Å². The lowest BCUT2D eigenvalue weighted by molar-refractivity contribution is -0.115. The average molecular weight is 367 g/mol. The third kappa shape index (κ3) is 5.68. The number of carbonyl (C=O) groups is 1. The van der Waals surface area contributed by atoms with E-state index in [1.165, 1.54) is 23.1 Å². The molecule has 2 aromatic rings. The minimum atomic E-state index is -0.261. The third-order valence-electron chi connectivity index (χ3n) is 3.22. The maximum atomic E-state index is 12.3. The number of thioether (sulfide) groups is 1. The highest BCUT2D eigenvalue weighted by molar-refractivity contribution is 8.02. The van der Waals surface area contributed by atoms with Gasteiger partial charge in [0.1, 0.15) is 5.75 Å². The van der Waals surface area contributed by atoms with Gasteiger partial charge in [-0.3, -0.25) is 4.79 Å². The van der Waals surface area contributed by atoms with Crippen LogP contribution in [0.4, 0.5) is 10.8 Å². The second-order valence-corrected chi connectivity index (χ2v) is 7.70. The van der Waals surface area contributed by atoms with Crippen molar-refractivity contribution in [2.45, 2.75) is 36.3 Å². The lowest BCUT2D eigenvalue weighted by Crippen LogP contribution is -2.22. The molecule has 0 saturated carbocycles. The molecule has 6 nitrogen and oxygen atoms in total. The molecule has 1 heterocycles. The zero-order chi connectivity index (χ0) is 17.4. The monoisotopic (exact) mass is 366 g/mol. The van der Waals surface area contributed by atoms with E-state index in [4.69, 9.17) is 4.74 Å². The number of hydrogen-bond acceptors (Lipinski definition) is 7. The van der Waals surface area contributed by atoms with Crippen LogP contribution in [-0.2, 0) is 4.79 Å². The molecule has 0 fully saturated rings. The van der Waals surface area contributed by atoms with Crippen molar-refractivity contribution in [1.29, 1.82) is 0 Å². The highest BCUT2D eigenvalue weighted by Gasteiger charge is 2.17. The van der Waals surface area contributed by atoms with Gasteiger partial charge in [0.15, 0.2) is 4.34 Å². The molecule has 0 spiro atoms. The molecule has 130 valence electrons. The van der Waals surface area contributed by atoms with Gasteiger partial charge in [-0.05, 0) is 37.6 Å². The summed E-state index contributed by atoms with van der Waals surface area (Å²) in [6.45, 7) is 4.89. The number of methoxy groups -OCH3 is 1. The molecular formula is C16H22N4O2S2. The zero-order valence-electron chi connectivity index (χ0n) is 14.0. The molecular weight excluding hydrogens is 344 g/mol. The Hall–Kier alpha value is -1.80. The number of unbranched alkanes of at least 4 members (excludes halogenated alkanes) is 1. The number of aromatic nitrogens is 2. The normalized spacial score (nSPS) is 11.8. The Morgan fingerprint density at radius 1 is 1.33 bits per heavy atom. The van der Waals surface area contributed by atoms with Crippen LogP contribution in [0.15, 0.2) is 28.6 Å². The molecule has 1 aromatic carbocycles. The van der Waals surface area contributed by atoms with Gasteiger partial charge in [0.2, 0.25) is 11.0 Å². The Kier molecular flexibility index (Phi) is 7.33. The topological polar surface area (TPSA) is 76.1 Å². The minimum absolute atomic E-state index is 0.0686. The van der Waals surface area contributed by atoms with Crippen molar-refractivity contribution in [3.63, 3.8) is 0 Å². The van der Waals surface area contributed by atoms with Crippen molar-refractivity contribution in [1.82, 2.24) is 10.2 Å². The van der Waals surface area contributed by atoms with Crippen molar-refractivity contribution in [2.75, 3.05) is 24.3 Å². The van der Waals surface area contributed by atoms with Crippen molar-refractivity contribution in [3.05, 3.63) is 24.3 Å². The van der Waals surface area contributed by atoms with E-state index in [0.29, 0.717) is 0 Å². The summed E-state index contributed by atoms with van der Waals surface area (Å²) in [7, 11) is 1.61. The summed E-state index contributed by atoms with van der Waals surface area (Å²) in [5.41, 5.74) is 0.743. The van der Waals surface area contributed by atoms with Gasteiger partial charge in [0, 0.05) is 12.2 Å². The van der Waals surface area contributed by atoms with Gasteiger partial charge in [0.05, 0.1) is 12.4 Å². The van der Waals surface area contributed by atoms with Crippen LogP contribution in [-0.4, -0.2) is 35.0 Å². The summed E-state index contributed by atoms with van der Waals surface area (Å²) in [5, 5.41) is 14.9. The minimum Gasteiger partial charge on any atom is -0.497 e. The molecule has 24 heavy (non-hydrogen) atoms. The Morgan fingerprint density at radius 2 is 2.08 bits per heavy atom. The maximum absolute atomic E-state index is 12.3. The number of anilines is 2. The van der Waals surface area contributed by atoms with Gasteiger partial charge in [-0.15, -0.1) is 10.2 Å². The van der Waals surface area contributed by atoms with E-state index < -0.39 is 0 Å². The number of nitrogens with one attached hydrogen (secondary N) is 2. The van der Waals surface area contributed by atoms with Crippen LogP contribution in [0.2, 0.25) is 0 Å². The summed E-state index contributed by atoms with van der Waals surface area (Å²) in [5.74, 6) is 0.688. The fraction of sp³-hybridized carbons (Fsp3) is 0.438. The second-order valence-electron chi connectivity index (χ2n) is 5.13. The summed E-state index contributed by atoms with van der Waals surface area (Å²) in [6, 6.07) is 7.25. The summed E-state index contributed by atoms with van der Waals surface area (Å²) in [6.07, 6.45) is 2.23. The smallest absolute Gasteiger partial charge is 0.237 e. The molecule has 0 unspecified atom stereocenters. The number of amides is 1. The molecule has 1 amide bonds. The molecule has 0 radical (unpaired) electrons. The highest BCUT2D eigenvalue weighted by Crippen LogP contribution is 2.29. The first-order valence-electron chi connectivity index (χ1n) is 7.81. The molecule has 8 heteroatoms. The van der Waals surface area contributed by atoms with E-state index >= 15 is 0 Å². The van der Waals surface area contributed by atoms with Crippen molar-refractivity contribution in [3.8, 4) is 5.75 Å². The van der Waals surface area contributed by atoms with Crippen LogP contribution in [0.5, 0.6) is 5.75 Å². The molecule has 0 aliphatic rings. The fourth-order valence-electron chi connectivity index (χ4n) is 1.82. The Bertz CT molecular complexity index is 646. The summed E-state index contributed by atoms with van der Waals surface area (Å²) < 4.78 is 5.89. The number of benzene rings is 1. The van der Waals surface area contributed by atoms with Crippen molar-refractivity contribution >= 4 is 39.8 Å². The summed E-state index contributed by atoms with van der Waals surface area (Å²) >= 11 is 2.88. The van der Waals surface area contributed by atoms with E-state index in [0.717, 1.165) is 40.3 Å².